The van der Waals surface area contributed by atoms with Crippen molar-refractivity contribution in [3.8, 4) is 0 Å². The third-order valence-electron chi connectivity index (χ3n) is 3.99. The topological polar surface area (TPSA) is 53.9 Å². The number of methoxy groups -OCH3 is 1. The highest BCUT2D eigenvalue weighted by molar-refractivity contribution is 14.0. The van der Waals surface area contributed by atoms with E-state index in [-0.39, 0.29) is 35.9 Å². The van der Waals surface area contributed by atoms with Crippen LogP contribution in [0.1, 0.15) is 18.4 Å². The highest BCUT2D eigenvalue weighted by atomic mass is 127. The number of esters is 1. The Morgan fingerprint density at radius 3 is 2.67 bits per heavy atom. The number of rotatable bonds is 3. The number of likely N-dealkylation sites (tertiary alicyclic amines) is 1. The summed E-state index contributed by atoms with van der Waals surface area (Å²) in [6.45, 7) is 2.18. The molecule has 0 aromatic heterocycles. The molecule has 5 nitrogen and oxygen atoms in total. The number of carbonyl (C=O) groups is 1. The van der Waals surface area contributed by atoms with E-state index in [0.717, 1.165) is 41.9 Å². The molecule has 1 saturated heterocycles. The lowest BCUT2D eigenvalue weighted by Gasteiger charge is -2.33. The van der Waals surface area contributed by atoms with E-state index in [2.05, 4.69) is 31.1 Å². The van der Waals surface area contributed by atoms with Crippen LogP contribution in [0.2, 0.25) is 5.02 Å². The summed E-state index contributed by atoms with van der Waals surface area (Å²) in [6, 6.07) is 5.83. The Morgan fingerprint density at radius 2 is 2.12 bits per heavy atom. The monoisotopic (exact) mass is 529 g/mol. The number of hydrogen-bond donors (Lipinski definition) is 1. The molecule has 24 heavy (non-hydrogen) atoms. The second-order valence-corrected chi connectivity index (χ2v) is 6.74. The summed E-state index contributed by atoms with van der Waals surface area (Å²) in [4.78, 5) is 18.1. The van der Waals surface area contributed by atoms with Gasteiger partial charge >= 0.3 is 5.97 Å². The average Bonchev–Trinajstić information content (AvgIpc) is 2.57. The second kappa shape index (κ2) is 10.5. The SMILES string of the molecule is CN=C(NCc1ccc(Br)cc1Cl)N1CCC(C(=O)OC)CC1.I. The summed E-state index contributed by atoms with van der Waals surface area (Å²) < 4.78 is 5.78. The van der Waals surface area contributed by atoms with Crippen molar-refractivity contribution in [2.24, 2.45) is 10.9 Å². The summed E-state index contributed by atoms with van der Waals surface area (Å²) in [5.74, 6) is 0.705. The number of aliphatic imine (C=N–C) groups is 1. The molecule has 8 heteroatoms. The lowest BCUT2D eigenvalue weighted by molar-refractivity contribution is -0.146. The van der Waals surface area contributed by atoms with E-state index in [9.17, 15) is 4.79 Å². The molecule has 1 aromatic carbocycles. The second-order valence-electron chi connectivity index (χ2n) is 5.42. The number of nitrogens with one attached hydrogen (secondary N) is 1. The first kappa shape index (κ1) is 21.5. The van der Waals surface area contributed by atoms with E-state index in [4.69, 9.17) is 16.3 Å². The normalized spacial score (nSPS) is 15.7. The number of nitrogens with zero attached hydrogens (tertiary/aromatic N) is 2. The maximum Gasteiger partial charge on any atom is 0.308 e. The fourth-order valence-electron chi connectivity index (χ4n) is 2.67. The Kier molecular flexibility index (Phi) is 9.36. The lowest BCUT2D eigenvalue weighted by atomic mass is 9.97. The smallest absolute Gasteiger partial charge is 0.308 e. The van der Waals surface area contributed by atoms with Crippen molar-refractivity contribution in [2.45, 2.75) is 19.4 Å². The van der Waals surface area contributed by atoms with Gasteiger partial charge in [0.25, 0.3) is 0 Å². The molecule has 0 spiro atoms. The van der Waals surface area contributed by atoms with Gasteiger partial charge in [0.15, 0.2) is 5.96 Å². The minimum absolute atomic E-state index is 0. The Labute approximate surface area is 173 Å². The van der Waals surface area contributed by atoms with Gasteiger partial charge < -0.3 is 15.0 Å². The van der Waals surface area contributed by atoms with Gasteiger partial charge in [0, 0.05) is 36.2 Å². The van der Waals surface area contributed by atoms with E-state index >= 15 is 0 Å². The predicted octanol–water partition coefficient (Wildman–Crippen LogP) is 3.68. The summed E-state index contributed by atoms with van der Waals surface area (Å²) in [7, 11) is 3.20. The van der Waals surface area contributed by atoms with E-state index < -0.39 is 0 Å². The Bertz CT molecular complexity index is 593. The first-order chi connectivity index (χ1) is 11.0. The maximum atomic E-state index is 11.6. The number of halogens is 3. The molecule has 0 radical (unpaired) electrons. The van der Waals surface area contributed by atoms with Crippen molar-refractivity contribution in [1.29, 1.82) is 0 Å². The minimum Gasteiger partial charge on any atom is -0.469 e. The fourth-order valence-corrected chi connectivity index (χ4v) is 3.41. The molecule has 0 saturated carbocycles. The molecule has 0 unspecified atom stereocenters. The van der Waals surface area contributed by atoms with Crippen molar-refractivity contribution < 1.29 is 9.53 Å². The molecule has 0 bridgehead atoms. The van der Waals surface area contributed by atoms with Crippen LogP contribution in [0.5, 0.6) is 0 Å². The largest absolute Gasteiger partial charge is 0.469 e. The molecule has 1 aliphatic rings. The van der Waals surface area contributed by atoms with Crippen LogP contribution in [0, 0.1) is 5.92 Å². The van der Waals surface area contributed by atoms with Crippen molar-refractivity contribution in [3.63, 3.8) is 0 Å². The Balaban J connectivity index is 0.00000288. The number of guanidine groups is 1. The summed E-state index contributed by atoms with van der Waals surface area (Å²) in [5, 5.41) is 4.05. The first-order valence-corrected chi connectivity index (χ1v) is 8.69. The van der Waals surface area contributed by atoms with Gasteiger partial charge in [-0.25, -0.2) is 0 Å². The predicted molar refractivity (Wildman–Crippen MR) is 111 cm³/mol. The molecule has 0 atom stereocenters. The zero-order valence-electron chi connectivity index (χ0n) is 13.7. The third-order valence-corrected chi connectivity index (χ3v) is 4.84. The third kappa shape index (κ3) is 5.77. The molecule has 1 N–H and O–H groups in total. The van der Waals surface area contributed by atoms with Gasteiger partial charge in [0.05, 0.1) is 13.0 Å². The standard InChI is InChI=1S/C16H21BrClN3O2.HI/c1-19-16(20-10-12-3-4-13(17)9-14(12)18)21-7-5-11(6-8-21)15(22)23-2;/h3-4,9,11H,5-8,10H2,1-2H3,(H,19,20);1H. The number of ether oxygens (including phenoxy) is 1. The molecule has 0 aliphatic carbocycles. The molecule has 1 aliphatic heterocycles. The average molecular weight is 531 g/mol. The van der Waals surface area contributed by atoms with E-state index in [1.165, 1.54) is 7.11 Å². The Hall–Kier alpha value is -0.540. The fraction of sp³-hybridized carbons (Fsp3) is 0.500. The molecule has 1 fully saturated rings. The van der Waals surface area contributed by atoms with Crippen LogP contribution in [-0.2, 0) is 16.1 Å². The van der Waals surface area contributed by atoms with Crippen LogP contribution in [0.15, 0.2) is 27.7 Å². The van der Waals surface area contributed by atoms with Gasteiger partial charge in [-0.2, -0.15) is 0 Å². The molecular weight excluding hydrogens is 508 g/mol. The van der Waals surface area contributed by atoms with Crippen LogP contribution in [0.3, 0.4) is 0 Å². The van der Waals surface area contributed by atoms with Crippen LogP contribution in [-0.4, -0.2) is 44.1 Å². The quantitative estimate of drug-likeness (QED) is 0.281. The number of piperidine rings is 1. The van der Waals surface area contributed by atoms with Gasteiger partial charge in [-0.05, 0) is 30.5 Å². The van der Waals surface area contributed by atoms with E-state index in [1.54, 1.807) is 7.05 Å². The molecule has 1 aromatic rings. The highest BCUT2D eigenvalue weighted by Crippen LogP contribution is 2.22. The van der Waals surface area contributed by atoms with Crippen LogP contribution in [0.25, 0.3) is 0 Å². The highest BCUT2D eigenvalue weighted by Gasteiger charge is 2.26. The summed E-state index contributed by atoms with van der Waals surface area (Å²) in [6.07, 6.45) is 1.57. The lowest BCUT2D eigenvalue weighted by Crippen LogP contribution is -2.46. The van der Waals surface area contributed by atoms with E-state index in [0.29, 0.717) is 11.6 Å². The van der Waals surface area contributed by atoms with Crippen molar-refractivity contribution >= 4 is 63.4 Å². The first-order valence-electron chi connectivity index (χ1n) is 7.52. The number of carbonyl (C=O) groups excluding carboxylic acids is 1. The van der Waals surface area contributed by atoms with Crippen LogP contribution >= 0.6 is 51.5 Å². The van der Waals surface area contributed by atoms with Gasteiger partial charge in [-0.1, -0.05) is 33.6 Å². The maximum absolute atomic E-state index is 11.6. The van der Waals surface area contributed by atoms with Crippen molar-refractivity contribution in [1.82, 2.24) is 10.2 Å². The van der Waals surface area contributed by atoms with Crippen molar-refractivity contribution in [2.75, 3.05) is 27.2 Å². The molecule has 134 valence electrons. The van der Waals surface area contributed by atoms with Crippen molar-refractivity contribution in [3.05, 3.63) is 33.3 Å². The minimum atomic E-state index is -0.116. The van der Waals surface area contributed by atoms with Crippen LogP contribution in [0.4, 0.5) is 0 Å². The molecule has 2 rings (SSSR count). The van der Waals surface area contributed by atoms with Gasteiger partial charge in [0.1, 0.15) is 0 Å². The number of hydrogen-bond acceptors (Lipinski definition) is 3. The van der Waals surface area contributed by atoms with E-state index in [1.807, 2.05) is 18.2 Å². The number of benzene rings is 1. The van der Waals surface area contributed by atoms with Gasteiger partial charge in [-0.15, -0.1) is 24.0 Å². The molecule has 0 amide bonds. The molecular formula is C16H22BrClIN3O2. The van der Waals surface area contributed by atoms with Gasteiger partial charge in [0.2, 0.25) is 0 Å². The van der Waals surface area contributed by atoms with Crippen LogP contribution < -0.4 is 5.32 Å². The Morgan fingerprint density at radius 1 is 1.46 bits per heavy atom. The summed E-state index contributed by atoms with van der Waals surface area (Å²) >= 11 is 9.64. The zero-order valence-corrected chi connectivity index (χ0v) is 18.4. The zero-order chi connectivity index (χ0) is 16.8. The molecule has 1 heterocycles. The van der Waals surface area contributed by atoms with Gasteiger partial charge in [-0.3, -0.25) is 9.79 Å². The summed E-state index contributed by atoms with van der Waals surface area (Å²) in [5.41, 5.74) is 1.01.